The number of rotatable bonds is 4. The minimum absolute atomic E-state index is 0.149. The third-order valence-corrected chi connectivity index (χ3v) is 1.54. The zero-order valence-electron chi connectivity index (χ0n) is 8.60. The Kier molecular flexibility index (Phi) is 4.21. The van der Waals surface area contributed by atoms with Gasteiger partial charge < -0.3 is 4.74 Å². The lowest BCUT2D eigenvalue weighted by Crippen LogP contribution is -2.08. The third kappa shape index (κ3) is 4.17. The highest BCUT2D eigenvalue weighted by Gasteiger charge is 2.02. The minimum atomic E-state index is -0.327. The van der Waals surface area contributed by atoms with E-state index in [-0.39, 0.29) is 12.4 Å². The number of carbonyl (C=O) groups is 1. The summed E-state index contributed by atoms with van der Waals surface area (Å²) < 4.78 is 4.49. The Morgan fingerprint density at radius 1 is 1.53 bits per heavy atom. The molecule has 0 radical (unpaired) electrons. The number of carbonyl (C=O) groups excluding carboxylic acids is 1. The van der Waals surface area contributed by atoms with Crippen molar-refractivity contribution in [2.75, 3.05) is 12.5 Å². The first kappa shape index (κ1) is 11.1. The monoisotopic (exact) mass is 208 g/mol. The van der Waals surface area contributed by atoms with Crippen molar-refractivity contribution in [1.29, 1.82) is 0 Å². The van der Waals surface area contributed by atoms with Crippen LogP contribution in [0.4, 0.5) is 5.95 Å². The summed E-state index contributed by atoms with van der Waals surface area (Å²) in [6.45, 7) is 1.72. The number of esters is 1. The molecule has 1 heterocycles. The number of hydrazone groups is 1. The fourth-order valence-corrected chi connectivity index (χ4v) is 0.823. The Bertz CT molecular complexity index is 350. The Morgan fingerprint density at radius 2 is 2.20 bits per heavy atom. The van der Waals surface area contributed by atoms with Crippen LogP contribution in [-0.2, 0) is 9.53 Å². The number of methoxy groups -OCH3 is 1. The summed E-state index contributed by atoms with van der Waals surface area (Å²) >= 11 is 0. The number of hydrogen-bond acceptors (Lipinski definition) is 6. The number of nitrogens with zero attached hydrogens (tertiary/aromatic N) is 3. The molecule has 0 spiro atoms. The summed E-state index contributed by atoms with van der Waals surface area (Å²) in [7, 11) is 1.34. The van der Waals surface area contributed by atoms with E-state index in [0.717, 1.165) is 0 Å². The minimum Gasteiger partial charge on any atom is -0.469 e. The summed E-state index contributed by atoms with van der Waals surface area (Å²) in [5.74, 6) is 0.0637. The van der Waals surface area contributed by atoms with Crippen LogP contribution in [0.1, 0.15) is 13.3 Å². The highest BCUT2D eigenvalue weighted by atomic mass is 16.5. The van der Waals surface area contributed by atoms with Gasteiger partial charge in [0.15, 0.2) is 0 Å². The van der Waals surface area contributed by atoms with Crippen LogP contribution in [0, 0.1) is 0 Å². The van der Waals surface area contributed by atoms with Gasteiger partial charge in [-0.1, -0.05) is 0 Å². The van der Waals surface area contributed by atoms with Gasteiger partial charge in [-0.15, -0.1) is 0 Å². The van der Waals surface area contributed by atoms with E-state index in [9.17, 15) is 4.79 Å². The second-order valence-electron chi connectivity index (χ2n) is 2.78. The predicted molar refractivity (Wildman–Crippen MR) is 55.4 cm³/mol. The number of nitrogens with one attached hydrogen (secondary N) is 1. The van der Waals surface area contributed by atoms with Gasteiger partial charge >= 0.3 is 5.97 Å². The van der Waals surface area contributed by atoms with Gasteiger partial charge in [0, 0.05) is 18.1 Å². The average Bonchev–Trinajstić information content (AvgIpc) is 2.27. The fraction of sp³-hybridized carbons (Fsp3) is 0.333. The van der Waals surface area contributed by atoms with E-state index < -0.39 is 0 Å². The van der Waals surface area contributed by atoms with Crippen molar-refractivity contribution in [3.63, 3.8) is 0 Å². The molecule has 1 rings (SSSR count). The van der Waals surface area contributed by atoms with Gasteiger partial charge in [0.25, 0.3) is 0 Å². The Labute approximate surface area is 87.4 Å². The van der Waals surface area contributed by atoms with E-state index >= 15 is 0 Å². The van der Waals surface area contributed by atoms with Gasteiger partial charge in [0.2, 0.25) is 5.95 Å². The highest BCUT2D eigenvalue weighted by molar-refractivity contribution is 5.97. The Hall–Kier alpha value is -1.98. The summed E-state index contributed by atoms with van der Waals surface area (Å²) in [5.41, 5.74) is 3.24. The van der Waals surface area contributed by atoms with Crippen molar-refractivity contribution in [1.82, 2.24) is 9.97 Å². The first-order valence-electron chi connectivity index (χ1n) is 4.35. The van der Waals surface area contributed by atoms with E-state index in [0.29, 0.717) is 11.7 Å². The third-order valence-electron chi connectivity index (χ3n) is 1.54. The molecular weight excluding hydrogens is 196 g/mol. The summed E-state index contributed by atoms with van der Waals surface area (Å²) in [5, 5.41) is 3.92. The molecule has 80 valence electrons. The molecular formula is C9H12N4O2. The smallest absolute Gasteiger partial charge is 0.311 e. The van der Waals surface area contributed by atoms with Gasteiger partial charge in [-0.05, 0) is 13.0 Å². The Balaban J connectivity index is 2.47. The first-order chi connectivity index (χ1) is 7.22. The van der Waals surface area contributed by atoms with Crippen LogP contribution in [0.25, 0.3) is 0 Å². The van der Waals surface area contributed by atoms with Crippen LogP contribution in [0.3, 0.4) is 0 Å². The first-order valence-corrected chi connectivity index (χ1v) is 4.35. The highest BCUT2D eigenvalue weighted by Crippen LogP contribution is 1.95. The van der Waals surface area contributed by atoms with Crippen molar-refractivity contribution < 1.29 is 9.53 Å². The largest absolute Gasteiger partial charge is 0.469 e. The summed E-state index contributed by atoms with van der Waals surface area (Å²) in [6.07, 6.45) is 3.34. The molecule has 1 aromatic rings. The molecule has 0 aromatic carbocycles. The van der Waals surface area contributed by atoms with Crippen molar-refractivity contribution in [2.24, 2.45) is 5.10 Å². The van der Waals surface area contributed by atoms with Crippen molar-refractivity contribution in [3.8, 4) is 0 Å². The van der Waals surface area contributed by atoms with Crippen molar-refractivity contribution in [3.05, 3.63) is 18.5 Å². The molecule has 6 heteroatoms. The molecule has 0 aliphatic heterocycles. The van der Waals surface area contributed by atoms with Crippen molar-refractivity contribution >= 4 is 17.6 Å². The van der Waals surface area contributed by atoms with Crippen LogP contribution in [-0.4, -0.2) is 28.8 Å². The molecule has 15 heavy (non-hydrogen) atoms. The van der Waals surface area contributed by atoms with Crippen LogP contribution < -0.4 is 5.43 Å². The van der Waals surface area contributed by atoms with E-state index in [1.165, 1.54) is 7.11 Å². The molecule has 0 unspecified atom stereocenters. The maximum atomic E-state index is 10.9. The van der Waals surface area contributed by atoms with E-state index in [2.05, 4.69) is 25.2 Å². The zero-order valence-corrected chi connectivity index (χ0v) is 8.60. The molecule has 0 saturated carbocycles. The van der Waals surface area contributed by atoms with Gasteiger partial charge in [-0.3, -0.25) is 4.79 Å². The Morgan fingerprint density at radius 3 is 2.80 bits per heavy atom. The lowest BCUT2D eigenvalue weighted by molar-refractivity contribution is -0.139. The maximum Gasteiger partial charge on any atom is 0.311 e. The predicted octanol–water partition coefficient (Wildman–Crippen LogP) is 0.827. The van der Waals surface area contributed by atoms with Crippen LogP contribution in [0.5, 0.6) is 0 Å². The van der Waals surface area contributed by atoms with E-state index in [4.69, 9.17) is 0 Å². The van der Waals surface area contributed by atoms with Crippen LogP contribution >= 0.6 is 0 Å². The molecule has 1 aromatic heterocycles. The maximum absolute atomic E-state index is 10.9. The van der Waals surface area contributed by atoms with Gasteiger partial charge in [0.05, 0.1) is 13.5 Å². The second-order valence-corrected chi connectivity index (χ2v) is 2.78. The molecule has 0 aliphatic rings. The number of anilines is 1. The molecule has 0 fully saturated rings. The van der Waals surface area contributed by atoms with Crippen LogP contribution in [0.15, 0.2) is 23.6 Å². The lowest BCUT2D eigenvalue weighted by Gasteiger charge is -2.00. The molecule has 0 aliphatic carbocycles. The number of ether oxygens (including phenoxy) is 1. The van der Waals surface area contributed by atoms with Gasteiger partial charge in [-0.25, -0.2) is 15.4 Å². The normalized spacial score (nSPS) is 10.9. The number of hydrogen-bond donors (Lipinski definition) is 1. The number of aromatic nitrogens is 2. The molecule has 0 amide bonds. The second kappa shape index (κ2) is 5.69. The molecule has 0 saturated heterocycles. The van der Waals surface area contributed by atoms with Gasteiger partial charge in [0.1, 0.15) is 0 Å². The van der Waals surface area contributed by atoms with E-state index in [1.807, 2.05) is 0 Å². The summed E-state index contributed by atoms with van der Waals surface area (Å²) in [6, 6.07) is 1.70. The fourth-order valence-electron chi connectivity index (χ4n) is 0.823. The molecule has 6 nitrogen and oxygen atoms in total. The zero-order chi connectivity index (χ0) is 11.1. The quantitative estimate of drug-likeness (QED) is 0.450. The van der Waals surface area contributed by atoms with Crippen LogP contribution in [0.2, 0.25) is 0 Å². The topological polar surface area (TPSA) is 76.5 Å². The molecule has 0 atom stereocenters. The molecule has 0 bridgehead atoms. The SMILES string of the molecule is COC(=O)C/C(C)=N/Nc1ncccn1. The average molecular weight is 208 g/mol. The summed E-state index contributed by atoms with van der Waals surface area (Å²) in [4.78, 5) is 18.7. The standard InChI is InChI=1S/C9H12N4O2/c1-7(6-8(14)15-2)12-13-9-10-4-3-5-11-9/h3-5H,6H2,1-2H3,(H,10,11,13)/b12-7+. The molecule has 1 N–H and O–H groups in total. The van der Waals surface area contributed by atoms with Gasteiger partial charge in [-0.2, -0.15) is 5.10 Å². The lowest BCUT2D eigenvalue weighted by atomic mass is 10.3. The van der Waals surface area contributed by atoms with Crippen molar-refractivity contribution in [2.45, 2.75) is 13.3 Å². The van der Waals surface area contributed by atoms with E-state index in [1.54, 1.807) is 25.4 Å².